The molecule has 0 aromatic heterocycles. The van der Waals surface area contributed by atoms with E-state index >= 15 is 0 Å². The van der Waals surface area contributed by atoms with Gasteiger partial charge >= 0.3 is 0 Å². The van der Waals surface area contributed by atoms with E-state index < -0.39 is 0 Å². The van der Waals surface area contributed by atoms with Crippen molar-refractivity contribution in [3.05, 3.63) is 0 Å². The van der Waals surface area contributed by atoms with Gasteiger partial charge in [0.15, 0.2) is 0 Å². The quantitative estimate of drug-likeness (QED) is 0.771. The summed E-state index contributed by atoms with van der Waals surface area (Å²) in [4.78, 5) is 12.0. The lowest BCUT2D eigenvalue weighted by molar-refractivity contribution is -0.125. The van der Waals surface area contributed by atoms with E-state index in [1.165, 1.54) is 0 Å². The zero-order valence-electron chi connectivity index (χ0n) is 10.5. The normalized spacial score (nSPS) is 27.4. The van der Waals surface area contributed by atoms with Gasteiger partial charge in [-0.2, -0.15) is 0 Å². The Hall–Kier alpha value is -0.610. The van der Waals surface area contributed by atoms with Gasteiger partial charge in [-0.25, -0.2) is 0 Å². The van der Waals surface area contributed by atoms with Gasteiger partial charge in [-0.1, -0.05) is 0 Å². The standard InChI is InChI=1S/C13H24N2O2/c16-13(12-2-1-6-14-7-3-12)15-10-11-4-8-17-9-5-11/h11-12,14H,1-10H2,(H,15,16)/t12-/m1/s1. The molecule has 0 saturated carbocycles. The molecule has 2 N–H and O–H groups in total. The topological polar surface area (TPSA) is 50.4 Å². The highest BCUT2D eigenvalue weighted by Gasteiger charge is 2.21. The fourth-order valence-electron chi connectivity index (χ4n) is 2.62. The van der Waals surface area contributed by atoms with Crippen LogP contribution in [-0.4, -0.2) is 38.8 Å². The van der Waals surface area contributed by atoms with Crippen LogP contribution in [-0.2, 0) is 9.53 Å². The summed E-state index contributed by atoms with van der Waals surface area (Å²) < 4.78 is 5.32. The van der Waals surface area contributed by atoms with E-state index in [1.807, 2.05) is 0 Å². The summed E-state index contributed by atoms with van der Waals surface area (Å²) in [7, 11) is 0. The van der Waals surface area contributed by atoms with Gasteiger partial charge in [-0.05, 0) is 51.1 Å². The van der Waals surface area contributed by atoms with Gasteiger partial charge < -0.3 is 15.4 Å². The van der Waals surface area contributed by atoms with Crippen LogP contribution in [0.5, 0.6) is 0 Å². The molecule has 0 unspecified atom stereocenters. The minimum atomic E-state index is 0.227. The van der Waals surface area contributed by atoms with Crippen molar-refractivity contribution in [1.29, 1.82) is 0 Å². The minimum Gasteiger partial charge on any atom is -0.381 e. The third-order valence-electron chi connectivity index (χ3n) is 3.85. The van der Waals surface area contributed by atoms with E-state index in [2.05, 4.69) is 10.6 Å². The molecule has 2 aliphatic heterocycles. The third kappa shape index (κ3) is 4.28. The Morgan fingerprint density at radius 3 is 2.82 bits per heavy atom. The first-order valence-corrected chi connectivity index (χ1v) is 6.92. The first kappa shape index (κ1) is 12.8. The van der Waals surface area contributed by atoms with Crippen molar-refractivity contribution >= 4 is 5.91 Å². The van der Waals surface area contributed by atoms with Crippen molar-refractivity contribution in [3.8, 4) is 0 Å². The SMILES string of the molecule is O=C(NCC1CCOCC1)[C@@H]1CCCNCC1. The van der Waals surface area contributed by atoms with E-state index in [1.54, 1.807) is 0 Å². The number of carbonyl (C=O) groups excluding carboxylic acids is 1. The van der Waals surface area contributed by atoms with Gasteiger partial charge in [0.25, 0.3) is 0 Å². The molecular formula is C13H24N2O2. The van der Waals surface area contributed by atoms with Crippen LogP contribution in [0.15, 0.2) is 0 Å². The predicted octanol–water partition coefficient (Wildman–Crippen LogP) is 0.919. The molecule has 0 bridgehead atoms. The summed E-state index contributed by atoms with van der Waals surface area (Å²) >= 11 is 0. The van der Waals surface area contributed by atoms with Crippen molar-refractivity contribution in [2.45, 2.75) is 32.1 Å². The zero-order chi connectivity index (χ0) is 11.9. The Kier molecular flexibility index (Phi) is 5.26. The average molecular weight is 240 g/mol. The molecule has 1 amide bonds. The van der Waals surface area contributed by atoms with Crippen LogP contribution < -0.4 is 10.6 Å². The maximum absolute atomic E-state index is 12.0. The highest BCUT2D eigenvalue weighted by atomic mass is 16.5. The molecule has 0 aromatic rings. The van der Waals surface area contributed by atoms with Crippen LogP contribution in [0.1, 0.15) is 32.1 Å². The summed E-state index contributed by atoms with van der Waals surface area (Å²) in [5, 5.41) is 6.47. The van der Waals surface area contributed by atoms with Crippen molar-refractivity contribution in [1.82, 2.24) is 10.6 Å². The molecule has 2 aliphatic rings. The second kappa shape index (κ2) is 6.97. The molecule has 0 radical (unpaired) electrons. The summed E-state index contributed by atoms with van der Waals surface area (Å²) in [5.74, 6) is 1.11. The largest absolute Gasteiger partial charge is 0.381 e. The molecule has 98 valence electrons. The fraction of sp³-hybridized carbons (Fsp3) is 0.923. The van der Waals surface area contributed by atoms with Crippen molar-refractivity contribution in [2.24, 2.45) is 11.8 Å². The second-order valence-corrected chi connectivity index (χ2v) is 5.18. The highest BCUT2D eigenvalue weighted by Crippen LogP contribution is 2.16. The number of nitrogens with one attached hydrogen (secondary N) is 2. The Morgan fingerprint density at radius 2 is 2.00 bits per heavy atom. The lowest BCUT2D eigenvalue weighted by atomic mass is 9.97. The Balaban J connectivity index is 1.68. The Labute approximate surface area is 103 Å². The van der Waals surface area contributed by atoms with Crippen molar-refractivity contribution < 1.29 is 9.53 Å². The summed E-state index contributed by atoms with van der Waals surface area (Å²) in [6.45, 7) is 4.59. The minimum absolute atomic E-state index is 0.227. The van der Waals surface area contributed by atoms with Crippen LogP contribution in [0.3, 0.4) is 0 Å². The average Bonchev–Trinajstić information content (AvgIpc) is 2.66. The molecule has 2 rings (SSSR count). The number of hydrogen-bond acceptors (Lipinski definition) is 3. The van der Waals surface area contributed by atoms with E-state index in [0.717, 1.165) is 65.0 Å². The number of carbonyl (C=O) groups is 1. The summed E-state index contributed by atoms with van der Waals surface area (Å²) in [6, 6.07) is 0. The van der Waals surface area contributed by atoms with Crippen LogP contribution in [0.2, 0.25) is 0 Å². The molecule has 0 aliphatic carbocycles. The Bertz CT molecular complexity index is 232. The smallest absolute Gasteiger partial charge is 0.223 e. The predicted molar refractivity (Wildman–Crippen MR) is 66.8 cm³/mol. The lowest BCUT2D eigenvalue weighted by Gasteiger charge is -2.23. The molecular weight excluding hydrogens is 216 g/mol. The fourth-order valence-corrected chi connectivity index (χ4v) is 2.62. The molecule has 0 aromatic carbocycles. The number of ether oxygens (including phenoxy) is 1. The van der Waals surface area contributed by atoms with Gasteiger partial charge in [0.1, 0.15) is 0 Å². The van der Waals surface area contributed by atoms with E-state index in [4.69, 9.17) is 4.74 Å². The summed E-state index contributed by atoms with van der Waals surface area (Å²) in [5.41, 5.74) is 0. The zero-order valence-corrected chi connectivity index (χ0v) is 10.5. The molecule has 4 nitrogen and oxygen atoms in total. The van der Waals surface area contributed by atoms with Crippen LogP contribution in [0.4, 0.5) is 0 Å². The van der Waals surface area contributed by atoms with Gasteiger partial charge in [0, 0.05) is 25.7 Å². The molecule has 2 heterocycles. The number of amides is 1. The van der Waals surface area contributed by atoms with Crippen LogP contribution >= 0.6 is 0 Å². The number of rotatable bonds is 3. The molecule has 2 saturated heterocycles. The monoisotopic (exact) mass is 240 g/mol. The van der Waals surface area contributed by atoms with Crippen LogP contribution in [0.25, 0.3) is 0 Å². The molecule has 17 heavy (non-hydrogen) atoms. The van der Waals surface area contributed by atoms with Crippen LogP contribution in [0, 0.1) is 11.8 Å². The van der Waals surface area contributed by atoms with E-state index in [0.29, 0.717) is 5.92 Å². The Morgan fingerprint density at radius 1 is 1.18 bits per heavy atom. The van der Waals surface area contributed by atoms with Gasteiger partial charge in [-0.15, -0.1) is 0 Å². The molecule has 0 spiro atoms. The lowest BCUT2D eigenvalue weighted by Crippen LogP contribution is -2.36. The third-order valence-corrected chi connectivity index (χ3v) is 3.85. The van der Waals surface area contributed by atoms with E-state index in [9.17, 15) is 4.79 Å². The first-order chi connectivity index (χ1) is 8.36. The van der Waals surface area contributed by atoms with Crippen molar-refractivity contribution in [3.63, 3.8) is 0 Å². The van der Waals surface area contributed by atoms with Crippen molar-refractivity contribution in [2.75, 3.05) is 32.8 Å². The molecule has 4 heteroatoms. The molecule has 2 fully saturated rings. The number of hydrogen-bond donors (Lipinski definition) is 2. The van der Waals surface area contributed by atoms with E-state index in [-0.39, 0.29) is 11.8 Å². The summed E-state index contributed by atoms with van der Waals surface area (Å²) in [6.07, 6.45) is 5.32. The molecule has 1 atom stereocenters. The second-order valence-electron chi connectivity index (χ2n) is 5.18. The maximum Gasteiger partial charge on any atom is 0.223 e. The maximum atomic E-state index is 12.0. The highest BCUT2D eigenvalue weighted by molar-refractivity contribution is 5.78. The first-order valence-electron chi connectivity index (χ1n) is 6.92. The van der Waals surface area contributed by atoms with Gasteiger partial charge in [-0.3, -0.25) is 4.79 Å². The van der Waals surface area contributed by atoms with Gasteiger partial charge in [0.2, 0.25) is 5.91 Å². The van der Waals surface area contributed by atoms with Gasteiger partial charge in [0.05, 0.1) is 0 Å².